The first kappa shape index (κ1) is 28.0. The smallest absolute Gasteiger partial charge is 0.230 e. The van der Waals surface area contributed by atoms with Crippen molar-refractivity contribution in [1.29, 1.82) is 0 Å². The highest BCUT2D eigenvalue weighted by Crippen LogP contribution is 2.30. The monoisotopic (exact) mass is 536 g/mol. The molecule has 2 atom stereocenters. The molecule has 0 bridgehead atoms. The van der Waals surface area contributed by atoms with Gasteiger partial charge in [0.05, 0.1) is 11.8 Å². The summed E-state index contributed by atoms with van der Waals surface area (Å²) in [5.41, 5.74) is 1.92. The average Bonchev–Trinajstić information content (AvgIpc) is 3.47. The molecule has 4 rings (SSSR count). The number of thioether (sulfide) groups is 1. The third kappa shape index (κ3) is 8.23. The number of ketones is 1. The summed E-state index contributed by atoms with van der Waals surface area (Å²) in [6.45, 7) is 1.57. The van der Waals surface area contributed by atoms with Gasteiger partial charge >= 0.3 is 0 Å². The maximum Gasteiger partial charge on any atom is 0.230 e. The van der Waals surface area contributed by atoms with Crippen LogP contribution in [0.3, 0.4) is 0 Å². The van der Waals surface area contributed by atoms with Crippen molar-refractivity contribution in [3.63, 3.8) is 0 Å². The number of nitrogens with one attached hydrogen (secondary N) is 2. The van der Waals surface area contributed by atoms with Crippen LogP contribution < -0.4 is 10.6 Å². The van der Waals surface area contributed by atoms with Gasteiger partial charge in [-0.1, -0.05) is 48.9 Å². The Bertz CT molecular complexity index is 1120. The Hall–Kier alpha value is -3.03. The molecule has 0 radical (unpaired) electrons. The molecule has 1 aliphatic heterocycles. The predicted molar refractivity (Wildman–Crippen MR) is 148 cm³/mol. The Balaban J connectivity index is 1.33. The lowest BCUT2D eigenvalue weighted by molar-refractivity contribution is -0.127. The van der Waals surface area contributed by atoms with Crippen molar-refractivity contribution in [3.05, 3.63) is 102 Å². The number of amides is 1. The molecule has 3 aromatic carbocycles. The fraction of sp³-hybridized carbons (Fsp3) is 0.355. The van der Waals surface area contributed by atoms with Gasteiger partial charge < -0.3 is 10.6 Å². The maximum atomic E-state index is 13.5. The average molecular weight is 537 g/mol. The number of carbonyl (C=O) groups excluding carboxylic acids is 2. The zero-order valence-electron chi connectivity index (χ0n) is 21.4. The Morgan fingerprint density at radius 3 is 2.11 bits per heavy atom. The maximum absolute atomic E-state index is 13.5. The first-order valence-electron chi connectivity index (χ1n) is 13.2. The molecular weight excluding hydrogens is 502 g/mol. The number of unbranched alkanes of at least 4 members (excludes halogenated alkanes) is 1. The lowest BCUT2D eigenvalue weighted by Crippen LogP contribution is -2.47. The molecule has 200 valence electrons. The summed E-state index contributed by atoms with van der Waals surface area (Å²) in [4.78, 5) is 27.0. The van der Waals surface area contributed by atoms with Crippen molar-refractivity contribution >= 4 is 23.5 Å². The Kier molecular flexibility index (Phi) is 10.5. The fourth-order valence-electron chi connectivity index (χ4n) is 5.02. The first-order chi connectivity index (χ1) is 18.5. The molecule has 2 unspecified atom stereocenters. The molecular formula is C31H34F2N2O2S. The van der Waals surface area contributed by atoms with E-state index in [-0.39, 0.29) is 40.9 Å². The lowest BCUT2D eigenvalue weighted by atomic mass is 9.86. The Labute approximate surface area is 227 Å². The molecule has 1 saturated heterocycles. The zero-order valence-corrected chi connectivity index (χ0v) is 22.2. The van der Waals surface area contributed by atoms with Gasteiger partial charge in [0.15, 0.2) is 5.78 Å². The SMILES string of the molecule is O=C(CSc1ccccc1)NC(C(=O)CCCCC(c1ccc(F)cc1)c1ccc(F)cc1)C1CCNC1. The molecule has 1 amide bonds. The summed E-state index contributed by atoms with van der Waals surface area (Å²) in [6.07, 6.45) is 3.45. The summed E-state index contributed by atoms with van der Waals surface area (Å²) >= 11 is 1.46. The van der Waals surface area contributed by atoms with Crippen LogP contribution in [0, 0.1) is 17.6 Å². The summed E-state index contributed by atoms with van der Waals surface area (Å²) in [5, 5.41) is 6.32. The summed E-state index contributed by atoms with van der Waals surface area (Å²) < 4.78 is 27.0. The third-order valence-corrected chi connectivity index (χ3v) is 8.07. The normalized spacial score (nSPS) is 15.9. The zero-order chi connectivity index (χ0) is 26.7. The van der Waals surface area contributed by atoms with E-state index in [1.807, 2.05) is 30.3 Å². The number of rotatable bonds is 13. The third-order valence-electron chi connectivity index (χ3n) is 7.06. The van der Waals surface area contributed by atoms with E-state index < -0.39 is 6.04 Å². The standard InChI is InChI=1S/C31H34F2N2O2S/c32-25-14-10-22(11-15-25)28(23-12-16-26(33)17-13-23)8-4-5-9-29(36)31(24-18-19-34-20-24)35-30(37)21-38-27-6-2-1-3-7-27/h1-3,6-7,10-17,24,28,31,34H,4-5,8-9,18-21H2,(H,35,37). The van der Waals surface area contributed by atoms with Gasteiger partial charge in [-0.05, 0) is 79.3 Å². The van der Waals surface area contributed by atoms with Crippen LogP contribution in [-0.4, -0.2) is 36.6 Å². The second-order valence-corrected chi connectivity index (χ2v) is 10.8. The van der Waals surface area contributed by atoms with Gasteiger partial charge in [0, 0.05) is 23.8 Å². The molecule has 0 aliphatic carbocycles. The second kappa shape index (κ2) is 14.2. The number of Topliss-reactive ketones (excluding diaryl/α,β-unsaturated/α-hetero) is 1. The number of carbonyl (C=O) groups is 2. The highest BCUT2D eigenvalue weighted by Gasteiger charge is 2.31. The van der Waals surface area contributed by atoms with E-state index in [9.17, 15) is 18.4 Å². The van der Waals surface area contributed by atoms with Crippen LogP contribution in [0.15, 0.2) is 83.8 Å². The molecule has 4 nitrogen and oxygen atoms in total. The molecule has 3 aromatic rings. The first-order valence-corrected chi connectivity index (χ1v) is 14.2. The number of halogens is 2. The Morgan fingerprint density at radius 1 is 0.895 bits per heavy atom. The Morgan fingerprint density at radius 2 is 1.53 bits per heavy atom. The van der Waals surface area contributed by atoms with E-state index >= 15 is 0 Å². The molecule has 0 aromatic heterocycles. The van der Waals surface area contributed by atoms with Crippen LogP contribution >= 0.6 is 11.8 Å². The molecule has 7 heteroatoms. The van der Waals surface area contributed by atoms with E-state index in [1.165, 1.54) is 36.0 Å². The van der Waals surface area contributed by atoms with Crippen LogP contribution in [0.4, 0.5) is 8.78 Å². The van der Waals surface area contributed by atoms with E-state index in [1.54, 1.807) is 24.3 Å². The predicted octanol–water partition coefficient (Wildman–Crippen LogP) is 6.11. The van der Waals surface area contributed by atoms with E-state index in [2.05, 4.69) is 10.6 Å². The molecule has 2 N–H and O–H groups in total. The van der Waals surface area contributed by atoms with Crippen molar-refractivity contribution in [2.24, 2.45) is 5.92 Å². The van der Waals surface area contributed by atoms with Gasteiger partial charge in [0.25, 0.3) is 0 Å². The fourth-order valence-corrected chi connectivity index (χ4v) is 5.75. The summed E-state index contributed by atoms with van der Waals surface area (Å²) in [6, 6.07) is 22.1. The van der Waals surface area contributed by atoms with Crippen molar-refractivity contribution < 1.29 is 18.4 Å². The molecule has 0 saturated carbocycles. The molecule has 1 aliphatic rings. The molecule has 38 heavy (non-hydrogen) atoms. The minimum absolute atomic E-state index is 0.0177. The van der Waals surface area contributed by atoms with Crippen LogP contribution in [-0.2, 0) is 9.59 Å². The summed E-state index contributed by atoms with van der Waals surface area (Å²) in [7, 11) is 0. The second-order valence-electron chi connectivity index (χ2n) is 9.77. The van der Waals surface area contributed by atoms with Crippen molar-refractivity contribution in [1.82, 2.24) is 10.6 Å². The van der Waals surface area contributed by atoms with Crippen molar-refractivity contribution in [3.8, 4) is 0 Å². The van der Waals surface area contributed by atoms with Gasteiger partial charge in [0.2, 0.25) is 5.91 Å². The minimum atomic E-state index is -0.487. The number of hydrogen-bond acceptors (Lipinski definition) is 4. The molecule has 0 spiro atoms. The van der Waals surface area contributed by atoms with Crippen LogP contribution in [0.5, 0.6) is 0 Å². The van der Waals surface area contributed by atoms with E-state index in [0.29, 0.717) is 12.8 Å². The van der Waals surface area contributed by atoms with E-state index in [4.69, 9.17) is 0 Å². The number of benzene rings is 3. The van der Waals surface area contributed by atoms with Gasteiger partial charge in [-0.3, -0.25) is 9.59 Å². The minimum Gasteiger partial charge on any atom is -0.345 e. The van der Waals surface area contributed by atoms with Crippen LogP contribution in [0.25, 0.3) is 0 Å². The van der Waals surface area contributed by atoms with Crippen molar-refractivity contribution in [2.75, 3.05) is 18.8 Å². The van der Waals surface area contributed by atoms with Gasteiger partial charge in [-0.15, -0.1) is 11.8 Å². The van der Waals surface area contributed by atoms with Crippen LogP contribution in [0.1, 0.15) is 49.1 Å². The van der Waals surface area contributed by atoms with E-state index in [0.717, 1.165) is 48.4 Å². The molecule has 1 heterocycles. The largest absolute Gasteiger partial charge is 0.345 e. The van der Waals surface area contributed by atoms with Crippen molar-refractivity contribution in [2.45, 2.75) is 49.0 Å². The molecule has 1 fully saturated rings. The highest BCUT2D eigenvalue weighted by molar-refractivity contribution is 8.00. The van der Waals surface area contributed by atoms with Crippen LogP contribution in [0.2, 0.25) is 0 Å². The summed E-state index contributed by atoms with van der Waals surface area (Å²) in [5.74, 6) is -0.308. The van der Waals surface area contributed by atoms with Gasteiger partial charge in [0.1, 0.15) is 11.6 Å². The quantitative estimate of drug-likeness (QED) is 0.204. The lowest BCUT2D eigenvalue weighted by Gasteiger charge is -2.23. The highest BCUT2D eigenvalue weighted by atomic mass is 32.2. The van der Waals surface area contributed by atoms with Gasteiger partial charge in [-0.25, -0.2) is 8.78 Å². The topological polar surface area (TPSA) is 58.2 Å². The van der Waals surface area contributed by atoms with Gasteiger partial charge in [-0.2, -0.15) is 0 Å². The number of hydrogen-bond donors (Lipinski definition) is 2.